The van der Waals surface area contributed by atoms with E-state index in [-0.39, 0.29) is 30.6 Å². The molecule has 0 bridgehead atoms. The molecule has 4 saturated heterocycles. The number of halogens is 3. The number of nitrogens with zero attached hydrogens (tertiary/aromatic N) is 6. The maximum Gasteiger partial charge on any atom is 0.227 e. The number of carbonyl (C=O) groups is 2. The number of imidazole rings is 1. The van der Waals surface area contributed by atoms with Crippen LogP contribution < -0.4 is 5.32 Å². The Morgan fingerprint density at radius 3 is 2.23 bits per heavy atom. The molecule has 1 aromatic heterocycles. The Hall–Kier alpha value is -3.32. The number of Topliss-reactive ketones (excluding diaryl/α,β-unsaturated/α-hetero) is 1. The first kappa shape index (κ1) is 32.1. The van der Waals surface area contributed by atoms with Crippen LogP contribution >= 0.6 is 12.4 Å². The topological polar surface area (TPSA) is 96.5 Å². The molecule has 4 aliphatic heterocycles. The van der Waals surface area contributed by atoms with Gasteiger partial charge in [0.2, 0.25) is 11.6 Å². The molecule has 2 N–H and O–H groups in total. The Morgan fingerprint density at radius 2 is 1.61 bits per heavy atom. The molecule has 0 unspecified atom stereocenters. The predicted molar refractivity (Wildman–Crippen MR) is 164 cm³/mol. The third kappa shape index (κ3) is 7.31. The first-order chi connectivity index (χ1) is 20.8. The van der Waals surface area contributed by atoms with Crippen LogP contribution in [0.15, 0.2) is 47.6 Å². The lowest BCUT2D eigenvalue weighted by Gasteiger charge is -2.24. The quantitative estimate of drug-likeness (QED) is 0.301. The van der Waals surface area contributed by atoms with E-state index in [2.05, 4.69) is 14.8 Å². The number of nitrogens with one attached hydrogen (secondary N) is 1. The first-order valence-electron chi connectivity index (χ1n) is 15.2. The van der Waals surface area contributed by atoms with Crippen LogP contribution in [0.3, 0.4) is 0 Å². The van der Waals surface area contributed by atoms with Gasteiger partial charge in [-0.2, -0.15) is 0 Å². The van der Waals surface area contributed by atoms with Gasteiger partial charge in [0.05, 0.1) is 18.0 Å². The number of benzene rings is 1. The van der Waals surface area contributed by atoms with Gasteiger partial charge in [0.15, 0.2) is 11.6 Å². The minimum Gasteiger partial charge on any atom is -0.395 e. The third-order valence-corrected chi connectivity index (χ3v) is 8.42. The van der Waals surface area contributed by atoms with E-state index in [1.807, 2.05) is 27.9 Å². The van der Waals surface area contributed by atoms with E-state index < -0.39 is 11.6 Å². The van der Waals surface area contributed by atoms with Gasteiger partial charge < -0.3 is 34.6 Å². The van der Waals surface area contributed by atoms with E-state index in [9.17, 15) is 18.4 Å². The molecule has 0 radical (unpaired) electrons. The maximum atomic E-state index is 13.6. The van der Waals surface area contributed by atoms with Crippen LogP contribution in [0.2, 0.25) is 0 Å². The molecule has 0 atom stereocenters. The molecule has 1 aliphatic carbocycles. The van der Waals surface area contributed by atoms with Gasteiger partial charge in [0, 0.05) is 82.7 Å². The fraction of sp³-hybridized carbons (Fsp3) is 0.516. The number of rotatable bonds is 10. The highest BCUT2D eigenvalue weighted by molar-refractivity contribution is 6.22. The molecule has 0 spiro atoms. The van der Waals surface area contributed by atoms with E-state index in [1.165, 1.54) is 12.1 Å². The Labute approximate surface area is 262 Å². The summed E-state index contributed by atoms with van der Waals surface area (Å²) in [4.78, 5) is 37.3. The highest BCUT2D eigenvalue weighted by atomic mass is 35.5. The summed E-state index contributed by atoms with van der Waals surface area (Å²) in [5, 5.41) is 12.4. The number of hydrogen-bond acceptors (Lipinski definition) is 9. The number of carbonyl (C=O) groups excluding carboxylic acids is 2. The summed E-state index contributed by atoms with van der Waals surface area (Å²) in [6.07, 6.45) is 5.48. The van der Waals surface area contributed by atoms with Gasteiger partial charge in [-0.1, -0.05) is 0 Å². The van der Waals surface area contributed by atoms with E-state index in [0.29, 0.717) is 40.8 Å². The third-order valence-electron chi connectivity index (χ3n) is 8.42. The van der Waals surface area contributed by atoms with Gasteiger partial charge in [-0.15, -0.1) is 12.4 Å². The number of hydrogen-bond donors (Lipinski definition) is 2. The summed E-state index contributed by atoms with van der Waals surface area (Å²) >= 11 is 0. The van der Waals surface area contributed by atoms with Crippen LogP contribution in [-0.2, 0) is 16.1 Å². The van der Waals surface area contributed by atoms with Crippen LogP contribution in [0.4, 0.5) is 8.78 Å². The lowest BCUT2D eigenvalue weighted by atomic mass is 9.97. The van der Waals surface area contributed by atoms with E-state index in [0.717, 1.165) is 90.2 Å². The lowest BCUT2D eigenvalue weighted by Crippen LogP contribution is -2.30. The summed E-state index contributed by atoms with van der Waals surface area (Å²) < 4.78 is 29.0. The maximum absolute atomic E-state index is 13.6. The van der Waals surface area contributed by atoms with Crippen molar-refractivity contribution in [3.8, 4) is 11.3 Å². The summed E-state index contributed by atoms with van der Waals surface area (Å²) in [5.74, 6) is -0.296. The van der Waals surface area contributed by atoms with Gasteiger partial charge in [0.1, 0.15) is 17.2 Å². The number of ketones is 2. The van der Waals surface area contributed by atoms with Crippen LogP contribution in [-0.4, -0.2) is 125 Å². The molecule has 1 aromatic carbocycles. The van der Waals surface area contributed by atoms with Gasteiger partial charge in [-0.3, -0.25) is 9.59 Å². The summed E-state index contributed by atoms with van der Waals surface area (Å²) in [7, 11) is 1.97. The second-order valence-electron chi connectivity index (χ2n) is 11.7. The van der Waals surface area contributed by atoms with Crippen molar-refractivity contribution in [3.63, 3.8) is 0 Å². The van der Waals surface area contributed by atoms with Gasteiger partial charge in [0.25, 0.3) is 0 Å². The number of aliphatic hydroxyl groups excluding tert-OH is 1. The van der Waals surface area contributed by atoms with Crippen LogP contribution in [0.5, 0.6) is 0 Å². The van der Waals surface area contributed by atoms with Crippen molar-refractivity contribution in [3.05, 3.63) is 65.0 Å². The molecule has 238 valence electrons. The Kier molecular flexibility index (Phi) is 10.0. The molecule has 5 heterocycles. The van der Waals surface area contributed by atoms with Crippen molar-refractivity contribution >= 4 is 24.0 Å². The predicted octanol–water partition coefficient (Wildman–Crippen LogP) is 1.82. The molecular formula is C31H40ClF2N7O3. The second-order valence-corrected chi connectivity index (χ2v) is 11.7. The van der Waals surface area contributed by atoms with Crippen LogP contribution in [0.1, 0.15) is 24.6 Å². The minimum atomic E-state index is -0.858. The van der Waals surface area contributed by atoms with E-state index in [1.54, 1.807) is 6.07 Å². The summed E-state index contributed by atoms with van der Waals surface area (Å²) in [5.41, 5.74) is 3.14. The SMILES string of the molecule is CN(CCO)CCn1cc(-c2ccc(F)c(F)c2)nc1C1CCNCC1.Cl.O=C1C=C(N2CC2)C(=O)C(N2CC2)=C1N1CC1. The average Bonchev–Trinajstić information content (AvgIpc) is 3.84. The summed E-state index contributed by atoms with van der Waals surface area (Å²) in [6.45, 7) is 9.60. The zero-order chi connectivity index (χ0) is 30.1. The Balaban J connectivity index is 0.000000184. The molecule has 0 saturated carbocycles. The molecule has 44 heavy (non-hydrogen) atoms. The fourth-order valence-electron chi connectivity index (χ4n) is 5.65. The van der Waals surface area contributed by atoms with Gasteiger partial charge in [-0.25, -0.2) is 13.8 Å². The molecule has 7 rings (SSSR count). The lowest BCUT2D eigenvalue weighted by molar-refractivity contribution is -0.117. The number of aromatic nitrogens is 2. The summed E-state index contributed by atoms with van der Waals surface area (Å²) in [6, 6.07) is 3.91. The first-order valence-corrected chi connectivity index (χ1v) is 15.2. The molecule has 5 aliphatic rings. The molecule has 13 heteroatoms. The standard InChI is InChI=1S/C19H26F2N4O.C12H13N3O2.ClH/c1-24(10-11-26)8-9-25-13-18(15-2-3-16(20)17(21)12-15)23-19(25)14-4-6-22-7-5-14;16-9-7-8(13-1-2-13)12(17)11(15-5-6-15)10(9)14-3-4-14;/h2-3,12-14,22,26H,4-11H2,1H3;7H,1-6H2;1H. The normalized spacial score (nSPS) is 19.6. The van der Waals surface area contributed by atoms with Gasteiger partial charge in [-0.05, 0) is 51.2 Å². The molecular weight excluding hydrogens is 592 g/mol. The number of allylic oxidation sites excluding steroid dienone is 1. The minimum absolute atomic E-state index is 0. The van der Waals surface area contributed by atoms with E-state index in [4.69, 9.17) is 10.1 Å². The number of likely N-dealkylation sites (N-methyl/N-ethyl adjacent to an activating group) is 1. The Morgan fingerprint density at radius 1 is 0.955 bits per heavy atom. The molecule has 10 nitrogen and oxygen atoms in total. The molecule has 0 amide bonds. The fourth-order valence-corrected chi connectivity index (χ4v) is 5.65. The average molecular weight is 632 g/mol. The number of piperidine rings is 1. The van der Waals surface area contributed by atoms with Crippen molar-refractivity contribution in [2.75, 3.05) is 79.1 Å². The van der Waals surface area contributed by atoms with Crippen molar-refractivity contribution < 1.29 is 23.5 Å². The number of aliphatic hydroxyl groups is 1. The Bertz CT molecular complexity index is 1440. The van der Waals surface area contributed by atoms with Crippen molar-refractivity contribution in [2.24, 2.45) is 0 Å². The highest BCUT2D eigenvalue weighted by Gasteiger charge is 2.43. The highest BCUT2D eigenvalue weighted by Crippen LogP contribution is 2.34. The zero-order valence-corrected chi connectivity index (χ0v) is 25.8. The zero-order valence-electron chi connectivity index (χ0n) is 25.0. The van der Waals surface area contributed by atoms with Gasteiger partial charge >= 0.3 is 0 Å². The second kappa shape index (κ2) is 13.8. The largest absolute Gasteiger partial charge is 0.395 e. The van der Waals surface area contributed by atoms with Crippen molar-refractivity contribution in [2.45, 2.75) is 25.3 Å². The van der Waals surface area contributed by atoms with E-state index >= 15 is 0 Å². The smallest absolute Gasteiger partial charge is 0.227 e. The van der Waals surface area contributed by atoms with Crippen LogP contribution in [0.25, 0.3) is 11.3 Å². The van der Waals surface area contributed by atoms with Crippen LogP contribution in [0, 0.1) is 11.6 Å². The molecule has 4 fully saturated rings. The molecule has 2 aromatic rings. The van der Waals surface area contributed by atoms with Crippen molar-refractivity contribution in [1.82, 2.24) is 34.5 Å². The monoisotopic (exact) mass is 631 g/mol. The van der Waals surface area contributed by atoms with Crippen molar-refractivity contribution in [1.29, 1.82) is 0 Å².